The molecule has 4 heteroatoms. The molecule has 1 aromatic rings. The minimum atomic E-state index is -0.710. The average molecular weight is 274 g/mol. The maximum absolute atomic E-state index is 9.18. The van der Waals surface area contributed by atoms with E-state index in [1.54, 1.807) is 0 Å². The van der Waals surface area contributed by atoms with Crippen molar-refractivity contribution in [1.82, 2.24) is 0 Å². The van der Waals surface area contributed by atoms with Gasteiger partial charge in [-0.15, -0.1) is 0 Å². The molecule has 3 nitrogen and oxygen atoms in total. The van der Waals surface area contributed by atoms with Crippen molar-refractivity contribution >= 4 is 21.6 Å². The van der Waals surface area contributed by atoms with Gasteiger partial charge in [0.15, 0.2) is 0 Å². The van der Waals surface area contributed by atoms with Crippen LogP contribution in [0.4, 0.5) is 5.69 Å². The van der Waals surface area contributed by atoms with E-state index in [-0.39, 0.29) is 6.61 Å². The van der Waals surface area contributed by atoms with Gasteiger partial charge in [-0.1, -0.05) is 22.9 Å². The lowest BCUT2D eigenvalue weighted by Gasteiger charge is -2.11. The Bertz CT molecular complexity index is 317. The van der Waals surface area contributed by atoms with Crippen molar-refractivity contribution in [3.05, 3.63) is 28.2 Å². The Morgan fingerprint density at radius 3 is 2.80 bits per heavy atom. The second kappa shape index (κ2) is 6.10. The van der Waals surface area contributed by atoms with E-state index in [4.69, 9.17) is 5.11 Å². The van der Waals surface area contributed by atoms with Crippen molar-refractivity contribution < 1.29 is 10.2 Å². The minimum Gasteiger partial charge on any atom is -0.394 e. The summed E-state index contributed by atoms with van der Waals surface area (Å²) in [6, 6.07) is 5.95. The molecule has 0 aliphatic rings. The van der Waals surface area contributed by atoms with Gasteiger partial charge in [0, 0.05) is 16.7 Å². The van der Waals surface area contributed by atoms with Gasteiger partial charge in [0.2, 0.25) is 0 Å². The smallest absolute Gasteiger partial charge is 0.0942 e. The van der Waals surface area contributed by atoms with Gasteiger partial charge in [-0.2, -0.15) is 0 Å². The lowest BCUT2D eigenvalue weighted by atomic mass is 10.1. The van der Waals surface area contributed by atoms with Crippen LogP contribution in [0.25, 0.3) is 0 Å². The van der Waals surface area contributed by atoms with Crippen molar-refractivity contribution in [1.29, 1.82) is 0 Å². The van der Waals surface area contributed by atoms with Crippen LogP contribution in [-0.2, 0) is 6.42 Å². The number of benzene rings is 1. The summed E-state index contributed by atoms with van der Waals surface area (Å²) >= 11 is 3.47. The third-order valence-electron chi connectivity index (χ3n) is 2.18. The lowest BCUT2D eigenvalue weighted by molar-refractivity contribution is 0.105. The third kappa shape index (κ3) is 3.81. The molecule has 0 aromatic heterocycles. The standard InChI is InChI=1S/C11H16BrNO2/c1-2-8-5-9(3-4-11(8)12)13-6-10(15)7-14/h3-5,10,13-15H,2,6-7H2,1H3. The van der Waals surface area contributed by atoms with Crippen LogP contribution in [0, 0.1) is 0 Å². The van der Waals surface area contributed by atoms with Crippen LogP contribution in [0.15, 0.2) is 22.7 Å². The Kier molecular flexibility index (Phi) is 5.08. The first-order chi connectivity index (χ1) is 7.17. The van der Waals surface area contributed by atoms with Gasteiger partial charge in [0.1, 0.15) is 0 Å². The molecule has 3 N–H and O–H groups in total. The first-order valence-corrected chi connectivity index (χ1v) is 5.78. The fraction of sp³-hybridized carbons (Fsp3) is 0.455. The van der Waals surface area contributed by atoms with E-state index in [1.807, 2.05) is 18.2 Å². The Morgan fingerprint density at radius 2 is 2.20 bits per heavy atom. The predicted molar refractivity (Wildman–Crippen MR) is 65.1 cm³/mol. The van der Waals surface area contributed by atoms with Gasteiger partial charge >= 0.3 is 0 Å². The first kappa shape index (κ1) is 12.5. The van der Waals surface area contributed by atoms with E-state index in [0.29, 0.717) is 6.54 Å². The second-order valence-corrected chi connectivity index (χ2v) is 4.23. The molecule has 1 aromatic carbocycles. The summed E-state index contributed by atoms with van der Waals surface area (Å²) in [7, 11) is 0. The molecule has 0 radical (unpaired) electrons. The molecule has 1 unspecified atom stereocenters. The maximum Gasteiger partial charge on any atom is 0.0942 e. The van der Waals surface area contributed by atoms with Gasteiger partial charge in [-0.3, -0.25) is 0 Å². The first-order valence-electron chi connectivity index (χ1n) is 4.98. The molecule has 15 heavy (non-hydrogen) atoms. The number of rotatable bonds is 5. The van der Waals surface area contributed by atoms with Crippen molar-refractivity contribution in [3.8, 4) is 0 Å². The number of aryl methyl sites for hydroxylation is 1. The molecule has 0 saturated carbocycles. The molecule has 0 aliphatic carbocycles. The number of aliphatic hydroxyl groups excluding tert-OH is 2. The van der Waals surface area contributed by atoms with Crippen LogP contribution in [0.3, 0.4) is 0 Å². The second-order valence-electron chi connectivity index (χ2n) is 3.38. The molecule has 0 aliphatic heterocycles. The number of halogens is 1. The summed E-state index contributed by atoms with van der Waals surface area (Å²) in [5.74, 6) is 0. The highest BCUT2D eigenvalue weighted by Crippen LogP contribution is 2.21. The summed E-state index contributed by atoms with van der Waals surface area (Å²) in [4.78, 5) is 0. The monoisotopic (exact) mass is 273 g/mol. The highest BCUT2D eigenvalue weighted by Gasteiger charge is 2.03. The quantitative estimate of drug-likeness (QED) is 0.767. The SMILES string of the molecule is CCc1cc(NCC(O)CO)ccc1Br. The maximum atomic E-state index is 9.18. The molecular weight excluding hydrogens is 258 g/mol. The number of aliphatic hydroxyl groups is 2. The molecule has 1 rings (SSSR count). The summed E-state index contributed by atoms with van der Waals surface area (Å²) in [6.07, 6.45) is 0.247. The van der Waals surface area contributed by atoms with E-state index in [9.17, 15) is 5.11 Å². The van der Waals surface area contributed by atoms with Crippen molar-refractivity contribution in [2.24, 2.45) is 0 Å². The molecule has 0 heterocycles. The van der Waals surface area contributed by atoms with E-state index in [1.165, 1.54) is 5.56 Å². The lowest BCUT2D eigenvalue weighted by Crippen LogP contribution is -2.22. The van der Waals surface area contributed by atoms with Gasteiger partial charge < -0.3 is 15.5 Å². The molecule has 84 valence electrons. The number of hydrogen-bond donors (Lipinski definition) is 3. The molecule has 0 saturated heterocycles. The van der Waals surface area contributed by atoms with Crippen LogP contribution in [-0.4, -0.2) is 29.5 Å². The van der Waals surface area contributed by atoms with E-state index < -0.39 is 6.10 Å². The van der Waals surface area contributed by atoms with Crippen molar-refractivity contribution in [3.63, 3.8) is 0 Å². The number of nitrogens with one attached hydrogen (secondary N) is 1. The van der Waals surface area contributed by atoms with E-state index in [0.717, 1.165) is 16.6 Å². The van der Waals surface area contributed by atoms with Gasteiger partial charge in [0.05, 0.1) is 12.7 Å². The summed E-state index contributed by atoms with van der Waals surface area (Å²) in [6.45, 7) is 2.23. The van der Waals surface area contributed by atoms with Crippen LogP contribution < -0.4 is 5.32 Å². The molecule has 0 bridgehead atoms. The molecule has 0 spiro atoms. The average Bonchev–Trinajstić information content (AvgIpc) is 2.27. The van der Waals surface area contributed by atoms with Crippen LogP contribution in [0.5, 0.6) is 0 Å². The highest BCUT2D eigenvalue weighted by molar-refractivity contribution is 9.10. The number of hydrogen-bond acceptors (Lipinski definition) is 3. The minimum absolute atomic E-state index is 0.218. The zero-order chi connectivity index (χ0) is 11.3. The molecular formula is C11H16BrNO2. The largest absolute Gasteiger partial charge is 0.394 e. The van der Waals surface area contributed by atoms with Gasteiger partial charge in [-0.05, 0) is 30.2 Å². The summed E-state index contributed by atoms with van der Waals surface area (Å²) < 4.78 is 1.10. The topological polar surface area (TPSA) is 52.5 Å². The van der Waals surface area contributed by atoms with Crippen molar-refractivity contribution in [2.45, 2.75) is 19.4 Å². The summed E-state index contributed by atoms with van der Waals surface area (Å²) in [5, 5.41) is 20.9. The zero-order valence-electron chi connectivity index (χ0n) is 8.70. The third-order valence-corrected chi connectivity index (χ3v) is 2.95. The number of anilines is 1. The van der Waals surface area contributed by atoms with Crippen LogP contribution in [0.1, 0.15) is 12.5 Å². The van der Waals surface area contributed by atoms with Gasteiger partial charge in [0.25, 0.3) is 0 Å². The zero-order valence-corrected chi connectivity index (χ0v) is 10.3. The molecule has 0 amide bonds. The highest BCUT2D eigenvalue weighted by atomic mass is 79.9. The van der Waals surface area contributed by atoms with Crippen LogP contribution >= 0.6 is 15.9 Å². The fourth-order valence-corrected chi connectivity index (χ4v) is 1.78. The van der Waals surface area contributed by atoms with Crippen molar-refractivity contribution in [2.75, 3.05) is 18.5 Å². The van der Waals surface area contributed by atoms with Crippen LogP contribution in [0.2, 0.25) is 0 Å². The van der Waals surface area contributed by atoms with E-state index >= 15 is 0 Å². The normalized spacial score (nSPS) is 12.5. The molecule has 0 fully saturated rings. The molecule has 1 atom stereocenters. The Balaban J connectivity index is 2.62. The van der Waals surface area contributed by atoms with Gasteiger partial charge in [-0.25, -0.2) is 0 Å². The Hall–Kier alpha value is -0.580. The fourth-order valence-electron chi connectivity index (χ4n) is 1.26. The summed E-state index contributed by atoms with van der Waals surface area (Å²) in [5.41, 5.74) is 2.18. The Labute approximate surface area is 98.3 Å². The Morgan fingerprint density at radius 1 is 1.47 bits per heavy atom. The predicted octanol–water partition coefficient (Wildman–Crippen LogP) is 1.78. The van der Waals surface area contributed by atoms with E-state index in [2.05, 4.69) is 28.2 Å².